The quantitative estimate of drug-likeness (QED) is 0.603. The molecule has 0 bridgehead atoms. The molecule has 0 saturated carbocycles. The first-order chi connectivity index (χ1) is 9.10. The van der Waals surface area contributed by atoms with Crippen LogP contribution >= 0.6 is 0 Å². The van der Waals surface area contributed by atoms with Gasteiger partial charge < -0.3 is 15.4 Å². The Morgan fingerprint density at radius 2 is 2.11 bits per heavy atom. The van der Waals surface area contributed by atoms with E-state index in [1.807, 2.05) is 38.1 Å². The highest BCUT2D eigenvalue weighted by molar-refractivity contribution is 5.92. The molecule has 0 aliphatic carbocycles. The summed E-state index contributed by atoms with van der Waals surface area (Å²) in [4.78, 5) is 13.9. The first kappa shape index (κ1) is 13.4. The number of aryl methyl sites for hydroxylation is 1. The summed E-state index contributed by atoms with van der Waals surface area (Å²) in [7, 11) is 0. The van der Waals surface area contributed by atoms with Gasteiger partial charge in [0.2, 0.25) is 0 Å². The lowest BCUT2D eigenvalue weighted by Gasteiger charge is -2.31. The van der Waals surface area contributed by atoms with Crippen LogP contribution in [-0.4, -0.2) is 34.9 Å². The van der Waals surface area contributed by atoms with Gasteiger partial charge in [0, 0.05) is 31.1 Å². The van der Waals surface area contributed by atoms with Gasteiger partial charge in [0.1, 0.15) is 0 Å². The van der Waals surface area contributed by atoms with Gasteiger partial charge >= 0.3 is 6.03 Å². The monoisotopic (exact) mass is 261 g/mol. The van der Waals surface area contributed by atoms with Crippen molar-refractivity contribution in [2.75, 3.05) is 18.4 Å². The molecule has 19 heavy (non-hydrogen) atoms. The Bertz CT molecular complexity index is 482. The van der Waals surface area contributed by atoms with Crippen molar-refractivity contribution in [1.82, 2.24) is 4.90 Å². The molecule has 1 saturated heterocycles. The van der Waals surface area contributed by atoms with E-state index in [1.54, 1.807) is 4.90 Å². The second-order valence-corrected chi connectivity index (χ2v) is 4.98. The largest absolute Gasteiger partial charge is 0.411 e. The maximum absolute atomic E-state index is 12.1. The van der Waals surface area contributed by atoms with E-state index < -0.39 is 0 Å². The zero-order valence-corrected chi connectivity index (χ0v) is 11.3. The third-order valence-corrected chi connectivity index (χ3v) is 3.42. The molecule has 5 nitrogen and oxygen atoms in total. The maximum atomic E-state index is 12.1. The first-order valence-electron chi connectivity index (χ1n) is 6.43. The zero-order chi connectivity index (χ0) is 13.8. The zero-order valence-electron chi connectivity index (χ0n) is 11.3. The highest BCUT2D eigenvalue weighted by atomic mass is 16.4. The van der Waals surface area contributed by atoms with Gasteiger partial charge in [-0.15, -0.1) is 0 Å². The molecule has 2 N–H and O–H groups in total. The number of nitrogens with one attached hydrogen (secondary N) is 1. The predicted molar refractivity (Wildman–Crippen MR) is 74.8 cm³/mol. The number of anilines is 1. The first-order valence-corrected chi connectivity index (χ1v) is 6.43. The van der Waals surface area contributed by atoms with E-state index in [1.165, 1.54) is 0 Å². The number of benzene rings is 1. The predicted octanol–water partition coefficient (Wildman–Crippen LogP) is 2.70. The SMILES string of the molecule is Cc1ccc(NC(=O)N2CC/C(=N\O)C(C)C2)cc1. The van der Waals surface area contributed by atoms with Crippen LogP contribution in [0.1, 0.15) is 18.9 Å². The highest BCUT2D eigenvalue weighted by Gasteiger charge is 2.25. The van der Waals surface area contributed by atoms with Crippen molar-refractivity contribution < 1.29 is 10.0 Å². The summed E-state index contributed by atoms with van der Waals surface area (Å²) in [6.45, 7) is 5.13. The molecule has 2 rings (SSSR count). The maximum Gasteiger partial charge on any atom is 0.321 e. The molecule has 2 amide bonds. The Kier molecular flexibility index (Phi) is 4.04. The van der Waals surface area contributed by atoms with Crippen molar-refractivity contribution in [3.05, 3.63) is 29.8 Å². The van der Waals surface area contributed by atoms with E-state index in [4.69, 9.17) is 5.21 Å². The average Bonchev–Trinajstić information content (AvgIpc) is 2.41. The number of hydrogen-bond donors (Lipinski definition) is 2. The fraction of sp³-hybridized carbons (Fsp3) is 0.429. The Labute approximate surface area is 112 Å². The average molecular weight is 261 g/mol. The molecule has 1 aromatic rings. The summed E-state index contributed by atoms with van der Waals surface area (Å²) < 4.78 is 0. The van der Waals surface area contributed by atoms with Crippen LogP contribution in [0.5, 0.6) is 0 Å². The molecule has 1 unspecified atom stereocenters. The number of hydrogen-bond acceptors (Lipinski definition) is 3. The van der Waals surface area contributed by atoms with Crippen LogP contribution in [0, 0.1) is 12.8 Å². The lowest BCUT2D eigenvalue weighted by Crippen LogP contribution is -2.45. The fourth-order valence-corrected chi connectivity index (χ4v) is 2.20. The van der Waals surface area contributed by atoms with Gasteiger partial charge in [-0.05, 0) is 19.1 Å². The normalized spacial score (nSPS) is 21.5. The van der Waals surface area contributed by atoms with Crippen LogP contribution in [0.4, 0.5) is 10.5 Å². The molecule has 0 radical (unpaired) electrons. The number of rotatable bonds is 1. The number of nitrogens with zero attached hydrogens (tertiary/aromatic N) is 2. The molecule has 1 heterocycles. The summed E-state index contributed by atoms with van der Waals surface area (Å²) in [5, 5.41) is 15.0. The number of carbonyl (C=O) groups is 1. The number of amides is 2. The highest BCUT2D eigenvalue weighted by Crippen LogP contribution is 2.16. The Hall–Kier alpha value is -2.04. The van der Waals surface area contributed by atoms with Gasteiger partial charge in [-0.2, -0.15) is 0 Å². The number of oxime groups is 1. The van der Waals surface area contributed by atoms with Crippen LogP contribution < -0.4 is 5.32 Å². The third-order valence-electron chi connectivity index (χ3n) is 3.42. The van der Waals surface area contributed by atoms with Crippen LogP contribution in [0.2, 0.25) is 0 Å². The molecule has 1 aliphatic rings. The van der Waals surface area contributed by atoms with Crippen LogP contribution in [0.3, 0.4) is 0 Å². The van der Waals surface area contributed by atoms with Crippen molar-refractivity contribution in [1.29, 1.82) is 0 Å². The third kappa shape index (κ3) is 3.24. The van der Waals surface area contributed by atoms with E-state index in [2.05, 4.69) is 10.5 Å². The smallest absolute Gasteiger partial charge is 0.321 e. The Balaban J connectivity index is 1.96. The van der Waals surface area contributed by atoms with E-state index in [-0.39, 0.29) is 11.9 Å². The summed E-state index contributed by atoms with van der Waals surface area (Å²) in [5.74, 6) is 0.0996. The lowest BCUT2D eigenvalue weighted by molar-refractivity contribution is 0.203. The van der Waals surface area contributed by atoms with Crippen LogP contribution in [-0.2, 0) is 0 Å². The van der Waals surface area contributed by atoms with Crippen molar-refractivity contribution in [2.45, 2.75) is 20.3 Å². The minimum atomic E-state index is -0.104. The molecule has 5 heteroatoms. The summed E-state index contributed by atoms with van der Waals surface area (Å²) >= 11 is 0. The van der Waals surface area contributed by atoms with Gasteiger partial charge in [0.05, 0.1) is 5.71 Å². The van der Waals surface area contributed by atoms with Gasteiger partial charge in [-0.3, -0.25) is 0 Å². The second-order valence-electron chi connectivity index (χ2n) is 4.98. The minimum Gasteiger partial charge on any atom is -0.411 e. The van der Waals surface area contributed by atoms with Crippen molar-refractivity contribution >= 4 is 17.4 Å². The van der Waals surface area contributed by atoms with Gasteiger partial charge in [-0.25, -0.2) is 4.79 Å². The standard InChI is InChI=1S/C14H19N3O2/c1-10-3-5-12(6-4-10)15-14(18)17-8-7-13(16-19)11(2)9-17/h3-6,11,19H,7-9H2,1-2H3,(H,15,18)/b16-13+. The molecule has 1 aromatic carbocycles. The molecular formula is C14H19N3O2. The molecule has 1 fully saturated rings. The van der Waals surface area contributed by atoms with E-state index >= 15 is 0 Å². The molecule has 1 aliphatic heterocycles. The van der Waals surface area contributed by atoms with Crippen molar-refractivity contribution in [3.8, 4) is 0 Å². The second kappa shape index (κ2) is 5.73. The Morgan fingerprint density at radius 1 is 1.42 bits per heavy atom. The summed E-state index contributed by atoms with van der Waals surface area (Å²) in [5.41, 5.74) is 2.72. The molecule has 1 atom stereocenters. The Morgan fingerprint density at radius 3 is 2.68 bits per heavy atom. The molecule has 102 valence electrons. The van der Waals surface area contributed by atoms with Crippen molar-refractivity contribution in [3.63, 3.8) is 0 Å². The lowest BCUT2D eigenvalue weighted by atomic mass is 9.98. The van der Waals surface area contributed by atoms with E-state index in [0.717, 1.165) is 17.0 Å². The molecule has 0 aromatic heterocycles. The van der Waals surface area contributed by atoms with Gasteiger partial charge in [0.25, 0.3) is 0 Å². The van der Waals surface area contributed by atoms with Crippen LogP contribution in [0.15, 0.2) is 29.4 Å². The number of urea groups is 1. The fourth-order valence-electron chi connectivity index (χ4n) is 2.20. The summed E-state index contributed by atoms with van der Waals surface area (Å²) in [6, 6.07) is 7.60. The topological polar surface area (TPSA) is 64.9 Å². The van der Waals surface area contributed by atoms with Gasteiger partial charge in [-0.1, -0.05) is 29.8 Å². The molecular weight excluding hydrogens is 242 g/mol. The molecule has 0 spiro atoms. The van der Waals surface area contributed by atoms with Gasteiger partial charge in [0.15, 0.2) is 0 Å². The number of carbonyl (C=O) groups excluding carboxylic acids is 1. The van der Waals surface area contributed by atoms with E-state index in [9.17, 15) is 4.79 Å². The number of piperidine rings is 1. The van der Waals surface area contributed by atoms with E-state index in [0.29, 0.717) is 19.5 Å². The minimum absolute atomic E-state index is 0.0996. The van der Waals surface area contributed by atoms with Crippen LogP contribution in [0.25, 0.3) is 0 Å². The van der Waals surface area contributed by atoms with Crippen molar-refractivity contribution in [2.24, 2.45) is 11.1 Å². The summed E-state index contributed by atoms with van der Waals surface area (Å²) in [6.07, 6.45) is 0.624. The number of likely N-dealkylation sites (tertiary alicyclic amines) is 1.